The van der Waals surface area contributed by atoms with Crippen molar-refractivity contribution in [2.24, 2.45) is 5.73 Å². The normalized spacial score (nSPS) is 24.0. The van der Waals surface area contributed by atoms with Gasteiger partial charge in [-0.2, -0.15) is 0 Å². The Balaban J connectivity index is 1.84. The lowest BCUT2D eigenvalue weighted by Gasteiger charge is -2.32. The zero-order valence-electron chi connectivity index (χ0n) is 16.7. The number of carbonyl (C=O) groups is 1. The van der Waals surface area contributed by atoms with Crippen LogP contribution in [0, 0.1) is 13.8 Å². The van der Waals surface area contributed by atoms with Crippen molar-refractivity contribution in [1.82, 2.24) is 19.8 Å². The Bertz CT molecular complexity index is 689. The van der Waals surface area contributed by atoms with Gasteiger partial charge >= 0.3 is 0 Å². The number of hydrogen-bond donors (Lipinski definition) is 1. The predicted octanol–water partition coefficient (Wildman–Crippen LogP) is 1.19. The smallest absolute Gasteiger partial charge is 0.291 e. The third-order valence-electron chi connectivity index (χ3n) is 6.10. The van der Waals surface area contributed by atoms with Crippen LogP contribution in [0.5, 0.6) is 0 Å². The van der Waals surface area contributed by atoms with Gasteiger partial charge in [-0.1, -0.05) is 0 Å². The molecule has 0 bridgehead atoms. The average molecular weight is 361 g/mol. The Kier molecular flexibility index (Phi) is 5.21. The zero-order chi connectivity index (χ0) is 19.1. The van der Waals surface area contributed by atoms with Crippen molar-refractivity contribution in [3.63, 3.8) is 0 Å². The molecular formula is C19H32N6O. The fourth-order valence-electron chi connectivity index (χ4n) is 3.63. The molecule has 0 saturated carbocycles. The van der Waals surface area contributed by atoms with Crippen molar-refractivity contribution in [3.05, 3.63) is 17.1 Å². The summed E-state index contributed by atoms with van der Waals surface area (Å²) in [7, 11) is 2.12. The average Bonchev–Trinajstić information content (AvgIpc) is 2.96. The van der Waals surface area contributed by atoms with E-state index < -0.39 is 0 Å². The number of aryl methyl sites for hydroxylation is 1. The van der Waals surface area contributed by atoms with Gasteiger partial charge in [0, 0.05) is 55.6 Å². The topological polar surface area (TPSA) is 78.6 Å². The van der Waals surface area contributed by atoms with Gasteiger partial charge < -0.3 is 15.5 Å². The minimum atomic E-state index is -0.0658. The van der Waals surface area contributed by atoms with Gasteiger partial charge in [0.1, 0.15) is 5.82 Å². The molecule has 1 atom stereocenters. The van der Waals surface area contributed by atoms with Crippen LogP contribution in [0.4, 0.5) is 5.82 Å². The van der Waals surface area contributed by atoms with Crippen LogP contribution in [0.25, 0.3) is 0 Å². The van der Waals surface area contributed by atoms with Crippen molar-refractivity contribution in [3.8, 4) is 0 Å². The molecule has 2 aliphatic rings. The number of rotatable bonds is 2. The second kappa shape index (κ2) is 7.12. The van der Waals surface area contributed by atoms with Gasteiger partial charge in [-0.05, 0) is 47.6 Å². The van der Waals surface area contributed by atoms with Crippen molar-refractivity contribution in [2.45, 2.75) is 52.1 Å². The number of anilines is 1. The number of aromatic nitrogens is 2. The number of likely N-dealkylation sites (N-methyl/N-ethyl adjacent to an activating group) is 1. The molecule has 0 aliphatic carbocycles. The van der Waals surface area contributed by atoms with Crippen LogP contribution in [-0.2, 0) is 0 Å². The summed E-state index contributed by atoms with van der Waals surface area (Å²) in [6, 6.07) is 0.173. The number of carbonyl (C=O) groups excluding carboxylic acids is 1. The molecule has 1 aromatic rings. The van der Waals surface area contributed by atoms with Crippen molar-refractivity contribution >= 4 is 11.7 Å². The van der Waals surface area contributed by atoms with Crippen LogP contribution in [0.15, 0.2) is 0 Å². The van der Waals surface area contributed by atoms with E-state index in [0.29, 0.717) is 12.4 Å². The standard InChI is InChI=1S/C19H32N6O/c1-13-14(2)21-16(22-17(13)25-8-6-15(20)12-25)18(26)24-9-7-19(3,4)23(5)10-11-24/h15H,6-12,20H2,1-5H3/t15-/m1/s1. The Hall–Kier alpha value is -1.73. The molecule has 7 nitrogen and oxygen atoms in total. The maximum atomic E-state index is 13.1. The molecule has 0 radical (unpaired) electrons. The maximum absolute atomic E-state index is 13.1. The van der Waals surface area contributed by atoms with Crippen LogP contribution in [-0.4, -0.2) is 77.0 Å². The summed E-state index contributed by atoms with van der Waals surface area (Å²) in [6.07, 6.45) is 1.90. The van der Waals surface area contributed by atoms with E-state index in [1.807, 2.05) is 18.7 Å². The van der Waals surface area contributed by atoms with E-state index >= 15 is 0 Å². The molecule has 2 aliphatic heterocycles. The van der Waals surface area contributed by atoms with Crippen molar-refractivity contribution in [2.75, 3.05) is 44.7 Å². The lowest BCUT2D eigenvalue weighted by atomic mass is 9.99. The SMILES string of the molecule is Cc1nc(C(=O)N2CCN(C)C(C)(C)CC2)nc(N2CC[C@@H](N)C2)c1C. The molecule has 0 spiro atoms. The lowest BCUT2D eigenvalue weighted by Crippen LogP contribution is -2.41. The summed E-state index contributed by atoms with van der Waals surface area (Å²) < 4.78 is 0. The molecule has 144 valence electrons. The number of nitrogens with two attached hydrogens (primary N) is 1. The Morgan fingerprint density at radius 1 is 1.15 bits per heavy atom. The van der Waals surface area contributed by atoms with Crippen molar-refractivity contribution < 1.29 is 4.79 Å². The quantitative estimate of drug-likeness (QED) is 0.853. The van der Waals surface area contributed by atoms with Gasteiger partial charge in [-0.25, -0.2) is 9.97 Å². The minimum Gasteiger partial charge on any atom is -0.355 e. The molecule has 1 aromatic heterocycles. The van der Waals surface area contributed by atoms with Gasteiger partial charge in [-0.3, -0.25) is 9.69 Å². The number of amides is 1. The van der Waals surface area contributed by atoms with Crippen LogP contribution >= 0.6 is 0 Å². The summed E-state index contributed by atoms with van der Waals surface area (Å²) in [5.41, 5.74) is 8.05. The highest BCUT2D eigenvalue weighted by Crippen LogP contribution is 2.25. The molecule has 2 fully saturated rings. The van der Waals surface area contributed by atoms with E-state index in [0.717, 1.165) is 56.1 Å². The zero-order valence-corrected chi connectivity index (χ0v) is 16.7. The molecule has 0 unspecified atom stereocenters. The first-order valence-corrected chi connectivity index (χ1v) is 9.55. The first kappa shape index (κ1) is 19.0. The second-order valence-corrected chi connectivity index (χ2v) is 8.35. The fraction of sp³-hybridized carbons (Fsp3) is 0.737. The summed E-state index contributed by atoms with van der Waals surface area (Å²) in [5.74, 6) is 1.11. The van der Waals surface area contributed by atoms with Crippen LogP contribution in [0.2, 0.25) is 0 Å². The molecule has 2 saturated heterocycles. The first-order valence-electron chi connectivity index (χ1n) is 9.55. The maximum Gasteiger partial charge on any atom is 0.291 e. The third kappa shape index (κ3) is 3.69. The van der Waals surface area contributed by atoms with E-state index in [1.54, 1.807) is 0 Å². The van der Waals surface area contributed by atoms with E-state index in [4.69, 9.17) is 5.73 Å². The summed E-state index contributed by atoms with van der Waals surface area (Å²) in [5, 5.41) is 0. The lowest BCUT2D eigenvalue weighted by molar-refractivity contribution is 0.0750. The van der Waals surface area contributed by atoms with Gasteiger partial charge in [0.15, 0.2) is 0 Å². The van der Waals surface area contributed by atoms with Crippen LogP contribution in [0.3, 0.4) is 0 Å². The van der Waals surface area contributed by atoms with Crippen LogP contribution in [0.1, 0.15) is 48.6 Å². The Labute approximate surface area is 156 Å². The highest BCUT2D eigenvalue weighted by Gasteiger charge is 2.31. The van der Waals surface area contributed by atoms with Gasteiger partial charge in [-0.15, -0.1) is 0 Å². The van der Waals surface area contributed by atoms with E-state index in [1.165, 1.54) is 0 Å². The molecule has 7 heteroatoms. The first-order chi connectivity index (χ1) is 12.2. The molecule has 3 rings (SSSR count). The highest BCUT2D eigenvalue weighted by molar-refractivity contribution is 5.91. The van der Waals surface area contributed by atoms with E-state index in [2.05, 4.69) is 40.7 Å². The molecule has 3 heterocycles. The molecular weight excluding hydrogens is 328 g/mol. The van der Waals surface area contributed by atoms with E-state index in [9.17, 15) is 4.79 Å². The molecule has 26 heavy (non-hydrogen) atoms. The third-order valence-corrected chi connectivity index (χ3v) is 6.10. The van der Waals surface area contributed by atoms with Crippen LogP contribution < -0.4 is 10.6 Å². The Morgan fingerprint density at radius 2 is 1.88 bits per heavy atom. The second-order valence-electron chi connectivity index (χ2n) is 8.35. The van der Waals surface area contributed by atoms with E-state index in [-0.39, 0.29) is 17.5 Å². The minimum absolute atomic E-state index is 0.0658. The highest BCUT2D eigenvalue weighted by atomic mass is 16.2. The Morgan fingerprint density at radius 3 is 2.54 bits per heavy atom. The summed E-state index contributed by atoms with van der Waals surface area (Å²) >= 11 is 0. The predicted molar refractivity (Wildman–Crippen MR) is 104 cm³/mol. The van der Waals surface area contributed by atoms with Crippen molar-refractivity contribution in [1.29, 1.82) is 0 Å². The fourth-order valence-corrected chi connectivity index (χ4v) is 3.63. The molecule has 0 aromatic carbocycles. The summed E-state index contributed by atoms with van der Waals surface area (Å²) in [6.45, 7) is 12.4. The van der Waals surface area contributed by atoms with Gasteiger partial charge in [0.25, 0.3) is 5.91 Å². The molecule has 1 amide bonds. The molecule has 2 N–H and O–H groups in total. The van der Waals surface area contributed by atoms with Gasteiger partial charge in [0.2, 0.25) is 5.82 Å². The number of hydrogen-bond acceptors (Lipinski definition) is 6. The largest absolute Gasteiger partial charge is 0.355 e. The number of nitrogens with zero attached hydrogens (tertiary/aromatic N) is 5. The monoisotopic (exact) mass is 360 g/mol. The van der Waals surface area contributed by atoms with Gasteiger partial charge in [0.05, 0.1) is 0 Å². The summed E-state index contributed by atoms with van der Waals surface area (Å²) in [4.78, 5) is 28.7.